The Bertz CT molecular complexity index is 1000. The zero-order valence-corrected chi connectivity index (χ0v) is 24.9. The summed E-state index contributed by atoms with van der Waals surface area (Å²) in [5.74, 6) is -0.699. The van der Waals surface area contributed by atoms with E-state index in [2.05, 4.69) is 37.8 Å². The summed E-state index contributed by atoms with van der Waals surface area (Å²) in [4.78, 5) is 28.2. The first-order chi connectivity index (χ1) is 17.9. The fourth-order valence-electron chi connectivity index (χ4n) is 3.64. The van der Waals surface area contributed by atoms with E-state index in [4.69, 9.17) is 19.7 Å². The third kappa shape index (κ3) is 9.60. The molecule has 2 rings (SSSR count). The van der Waals surface area contributed by atoms with Gasteiger partial charge in [0.2, 0.25) is 0 Å². The van der Waals surface area contributed by atoms with Crippen LogP contribution in [0.25, 0.3) is 0 Å². The van der Waals surface area contributed by atoms with Crippen LogP contribution < -0.4 is 16.5 Å². The molecule has 0 amide bonds. The molecule has 0 spiro atoms. The van der Waals surface area contributed by atoms with Crippen molar-refractivity contribution < 1.29 is 27.7 Å². The van der Waals surface area contributed by atoms with Gasteiger partial charge >= 0.3 is 19.3 Å². The fraction of sp³-hybridized carbons (Fsp3) is 0.792. The molecule has 0 aliphatic carbocycles. The zero-order chi connectivity index (χ0) is 28.5. The van der Waals surface area contributed by atoms with Crippen LogP contribution in [0.3, 0.4) is 0 Å². The second-order valence-electron chi connectivity index (χ2n) is 9.99. The van der Waals surface area contributed by atoms with Gasteiger partial charge in [-0.05, 0) is 38.0 Å². The maximum absolute atomic E-state index is 14.5. The zero-order valence-electron chi connectivity index (χ0n) is 23.2. The summed E-state index contributed by atoms with van der Waals surface area (Å²) >= 11 is 1.34. The van der Waals surface area contributed by atoms with Gasteiger partial charge in [-0.25, -0.2) is 18.9 Å². The second kappa shape index (κ2) is 15.3. The highest BCUT2D eigenvalue weighted by Gasteiger charge is 2.39. The summed E-state index contributed by atoms with van der Waals surface area (Å²) in [7, 11) is -3.73. The number of hydrogen-bond acceptors (Lipinski definition) is 9. The minimum absolute atomic E-state index is 0.0792. The molecule has 1 aliphatic heterocycles. The minimum Gasteiger partial charge on any atom is -0.465 e. The number of nitrogens with two attached hydrogens (primary N) is 1. The van der Waals surface area contributed by atoms with Crippen LogP contribution in [0.4, 0.5) is 10.2 Å². The predicted octanol–water partition coefficient (Wildman–Crippen LogP) is 4.00. The molecular weight excluding hydrogens is 536 g/mol. The molecule has 1 unspecified atom stereocenters. The van der Waals surface area contributed by atoms with Gasteiger partial charge in [0, 0.05) is 18.8 Å². The average molecular weight is 580 g/mol. The van der Waals surface area contributed by atoms with Gasteiger partial charge in [0.25, 0.3) is 0 Å². The molecule has 4 atom stereocenters. The number of hydrogen-bond donors (Lipinski definition) is 2. The van der Waals surface area contributed by atoms with Crippen LogP contribution in [0.1, 0.15) is 67.0 Å². The molecule has 0 aromatic carbocycles. The topological polar surface area (TPSA) is 138 Å². The quantitative estimate of drug-likeness (QED) is 0.217. The van der Waals surface area contributed by atoms with Crippen molar-refractivity contribution in [2.45, 2.75) is 78.5 Å². The number of esters is 1. The van der Waals surface area contributed by atoms with E-state index < -0.39 is 48.7 Å². The van der Waals surface area contributed by atoms with E-state index in [1.807, 2.05) is 6.92 Å². The lowest BCUT2D eigenvalue weighted by atomic mass is 10.1. The van der Waals surface area contributed by atoms with Crippen molar-refractivity contribution in [2.24, 2.45) is 11.8 Å². The second-order valence-corrected chi connectivity index (χ2v) is 13.3. The van der Waals surface area contributed by atoms with Gasteiger partial charge in [0.15, 0.2) is 11.6 Å². The number of nitrogens with one attached hydrogen (secondary N) is 1. The molecule has 14 heteroatoms. The summed E-state index contributed by atoms with van der Waals surface area (Å²) in [6, 6.07) is -0.811. The third-order valence-corrected chi connectivity index (χ3v) is 9.34. The molecular formula is C24H43FN5O6PS. The Hall–Kier alpha value is -1.50. The van der Waals surface area contributed by atoms with Crippen LogP contribution >= 0.6 is 19.4 Å². The number of rotatable bonds is 16. The van der Waals surface area contributed by atoms with Gasteiger partial charge in [-0.3, -0.25) is 13.9 Å². The number of aromatic nitrogens is 2. The Morgan fingerprint density at radius 1 is 1.32 bits per heavy atom. The Morgan fingerprint density at radius 2 is 1.95 bits per heavy atom. The van der Waals surface area contributed by atoms with Crippen molar-refractivity contribution >= 4 is 31.2 Å². The molecule has 11 nitrogen and oxygen atoms in total. The van der Waals surface area contributed by atoms with Gasteiger partial charge in [-0.15, -0.1) is 11.8 Å². The van der Waals surface area contributed by atoms with Crippen molar-refractivity contribution in [3.8, 4) is 0 Å². The maximum Gasteiger partial charge on any atom is 0.351 e. The number of anilines is 1. The van der Waals surface area contributed by atoms with Crippen LogP contribution in [0.2, 0.25) is 0 Å². The Kier molecular flexibility index (Phi) is 13.2. The van der Waals surface area contributed by atoms with E-state index in [1.165, 1.54) is 11.8 Å². The first kappa shape index (κ1) is 32.7. The molecule has 2 heterocycles. The van der Waals surface area contributed by atoms with E-state index in [1.54, 1.807) is 11.6 Å². The number of nitrogen functional groups attached to an aromatic ring is 1. The Morgan fingerprint density at radius 3 is 2.50 bits per heavy atom. The first-order valence-corrected chi connectivity index (χ1v) is 15.8. The average Bonchev–Trinajstić information content (AvgIpc) is 3.32. The molecule has 0 saturated carbocycles. The van der Waals surface area contributed by atoms with Gasteiger partial charge in [-0.1, -0.05) is 34.6 Å². The molecule has 0 radical (unpaired) electrons. The van der Waals surface area contributed by atoms with Gasteiger partial charge in [0.05, 0.1) is 19.4 Å². The van der Waals surface area contributed by atoms with Crippen LogP contribution in [0.15, 0.2) is 11.0 Å². The predicted molar refractivity (Wildman–Crippen MR) is 147 cm³/mol. The fourth-order valence-corrected chi connectivity index (χ4v) is 6.91. The summed E-state index contributed by atoms with van der Waals surface area (Å²) in [5, 5.41) is 2.99. The summed E-state index contributed by atoms with van der Waals surface area (Å²) < 4.78 is 48.4. The molecule has 38 heavy (non-hydrogen) atoms. The largest absolute Gasteiger partial charge is 0.465 e. The van der Waals surface area contributed by atoms with E-state index in [9.17, 15) is 18.5 Å². The first-order valence-electron chi connectivity index (χ1n) is 13.2. The van der Waals surface area contributed by atoms with Crippen LogP contribution in [-0.2, 0) is 23.4 Å². The Labute approximate surface area is 228 Å². The van der Waals surface area contributed by atoms with Crippen molar-refractivity contribution in [1.29, 1.82) is 0 Å². The van der Waals surface area contributed by atoms with Gasteiger partial charge in [-0.2, -0.15) is 4.98 Å². The SMILES string of the molecule is CCOC(=O)[C@H](CC)NP(=O)(OC[C@@H]1O[C@H](n2cc(F)c(N)nc2=O)CS1)N(CCC(C)C)CCC(C)C. The molecule has 1 fully saturated rings. The van der Waals surface area contributed by atoms with Gasteiger partial charge in [0.1, 0.15) is 17.7 Å². The molecule has 3 N–H and O–H groups in total. The minimum atomic E-state index is -3.73. The molecule has 1 aromatic rings. The van der Waals surface area contributed by atoms with Crippen molar-refractivity contribution in [1.82, 2.24) is 19.3 Å². The standard InChI is InChI=1S/C24H43FN5O6PS/c1-7-19(23(31)34-8-2)28-37(33,29(11-9-16(3)4)12-10-17(5)6)35-14-21-36-20(15-38-21)30-13-18(25)22(26)27-24(30)32/h13,16-17,19-21H,7-12,14-15H2,1-6H3,(H,28,33)(H2,26,27,32)/t19-,20-,21+,37?/m0/s1. The maximum atomic E-state index is 14.5. The number of halogens is 1. The highest BCUT2D eigenvalue weighted by Crippen LogP contribution is 2.49. The van der Waals surface area contributed by atoms with Crippen molar-refractivity contribution in [3.63, 3.8) is 0 Å². The van der Waals surface area contributed by atoms with Crippen molar-refractivity contribution in [3.05, 3.63) is 22.5 Å². The molecule has 1 aliphatic rings. The number of thioether (sulfide) groups is 1. The third-order valence-electron chi connectivity index (χ3n) is 5.96. The van der Waals surface area contributed by atoms with Crippen LogP contribution in [0.5, 0.6) is 0 Å². The molecule has 0 bridgehead atoms. The highest BCUT2D eigenvalue weighted by molar-refractivity contribution is 8.00. The summed E-state index contributed by atoms with van der Waals surface area (Å²) in [5.41, 5.74) is 4.07. The lowest BCUT2D eigenvalue weighted by Crippen LogP contribution is -2.42. The number of carbonyl (C=O) groups is 1. The van der Waals surface area contributed by atoms with E-state index >= 15 is 0 Å². The van der Waals surface area contributed by atoms with Crippen LogP contribution in [-0.4, -0.2) is 63.7 Å². The number of nitrogens with zero attached hydrogens (tertiary/aromatic N) is 3. The molecule has 1 saturated heterocycles. The molecule has 218 valence electrons. The molecule has 1 aromatic heterocycles. The monoisotopic (exact) mass is 579 g/mol. The summed E-state index contributed by atoms with van der Waals surface area (Å²) in [6.07, 6.45) is 2.13. The van der Waals surface area contributed by atoms with Crippen LogP contribution in [0, 0.1) is 17.7 Å². The van der Waals surface area contributed by atoms with Gasteiger partial charge < -0.3 is 19.7 Å². The van der Waals surface area contributed by atoms with E-state index in [-0.39, 0.29) is 13.2 Å². The normalized spacial score (nSPS) is 20.3. The lowest BCUT2D eigenvalue weighted by Gasteiger charge is -2.34. The van der Waals surface area contributed by atoms with E-state index in [0.29, 0.717) is 37.1 Å². The lowest BCUT2D eigenvalue weighted by molar-refractivity contribution is -0.145. The number of carbonyl (C=O) groups excluding carboxylic acids is 1. The Balaban J connectivity index is 2.23. The smallest absolute Gasteiger partial charge is 0.351 e. The van der Waals surface area contributed by atoms with Crippen molar-refractivity contribution in [2.75, 3.05) is 37.8 Å². The highest BCUT2D eigenvalue weighted by atomic mass is 32.2. The van der Waals surface area contributed by atoms with E-state index in [0.717, 1.165) is 23.6 Å². The number of ether oxygens (including phenoxy) is 2. The summed E-state index contributed by atoms with van der Waals surface area (Å²) in [6.45, 7) is 13.1.